The van der Waals surface area contributed by atoms with Crippen LogP contribution in [0.25, 0.3) is 0 Å². The number of carbonyl (C=O) groups is 1. The van der Waals surface area contributed by atoms with Gasteiger partial charge in [0.25, 0.3) is 0 Å². The number of aliphatic hydroxyl groups is 1. The summed E-state index contributed by atoms with van der Waals surface area (Å²) in [5.41, 5.74) is 0.0374. The van der Waals surface area contributed by atoms with E-state index in [1.54, 1.807) is 0 Å². The average Bonchev–Trinajstić information content (AvgIpc) is 2.76. The molecule has 0 amide bonds. The second-order valence-corrected chi connectivity index (χ2v) is 6.07. The molecule has 18 heavy (non-hydrogen) atoms. The van der Waals surface area contributed by atoms with Gasteiger partial charge in [-0.25, -0.2) is 13.2 Å². The molecule has 6 nitrogen and oxygen atoms in total. The van der Waals surface area contributed by atoms with E-state index in [1.165, 1.54) is 28.6 Å². The molecule has 7 heteroatoms. The van der Waals surface area contributed by atoms with Crippen LogP contribution in [0.5, 0.6) is 0 Å². The van der Waals surface area contributed by atoms with Crippen molar-refractivity contribution in [2.75, 3.05) is 13.1 Å². The molecule has 1 aliphatic heterocycles. The van der Waals surface area contributed by atoms with Crippen molar-refractivity contribution in [2.45, 2.75) is 17.4 Å². The quantitative estimate of drug-likeness (QED) is 0.815. The summed E-state index contributed by atoms with van der Waals surface area (Å²) in [5, 5.41) is 18.1. The Morgan fingerprint density at radius 3 is 2.33 bits per heavy atom. The van der Waals surface area contributed by atoms with Gasteiger partial charge in [0.15, 0.2) is 0 Å². The number of aliphatic hydroxyl groups excluding tert-OH is 1. The molecular weight excluding hydrogens is 258 g/mol. The fourth-order valence-electron chi connectivity index (χ4n) is 1.85. The van der Waals surface area contributed by atoms with Gasteiger partial charge in [-0.2, -0.15) is 4.31 Å². The molecule has 0 saturated carbocycles. The van der Waals surface area contributed by atoms with Crippen molar-refractivity contribution in [1.82, 2.24) is 4.31 Å². The van der Waals surface area contributed by atoms with Crippen LogP contribution in [0.15, 0.2) is 29.2 Å². The maximum atomic E-state index is 12.1. The SMILES string of the molecule is O=C(O)c1ccc(S(=O)(=O)N2CCC(O)C2)cc1. The molecule has 1 heterocycles. The molecule has 0 radical (unpaired) electrons. The van der Waals surface area contributed by atoms with Crippen molar-refractivity contribution in [3.63, 3.8) is 0 Å². The van der Waals surface area contributed by atoms with Crippen LogP contribution in [0.2, 0.25) is 0 Å². The smallest absolute Gasteiger partial charge is 0.335 e. The number of aromatic carboxylic acids is 1. The maximum absolute atomic E-state index is 12.1. The molecule has 0 bridgehead atoms. The van der Waals surface area contributed by atoms with E-state index >= 15 is 0 Å². The molecule has 1 fully saturated rings. The fourth-order valence-corrected chi connectivity index (χ4v) is 3.34. The predicted molar refractivity (Wildman–Crippen MR) is 62.8 cm³/mol. The highest BCUT2D eigenvalue weighted by molar-refractivity contribution is 7.89. The molecule has 2 rings (SSSR count). The molecule has 98 valence electrons. The minimum Gasteiger partial charge on any atom is -0.478 e. The molecule has 1 unspecified atom stereocenters. The monoisotopic (exact) mass is 271 g/mol. The molecule has 2 N–H and O–H groups in total. The van der Waals surface area contributed by atoms with Crippen molar-refractivity contribution < 1.29 is 23.4 Å². The second-order valence-electron chi connectivity index (χ2n) is 4.14. The molecule has 1 aromatic carbocycles. The third kappa shape index (κ3) is 2.38. The van der Waals surface area contributed by atoms with E-state index in [2.05, 4.69) is 0 Å². The molecule has 0 aromatic heterocycles. The number of carboxylic acid groups (broad SMARTS) is 1. The van der Waals surface area contributed by atoms with Crippen LogP contribution in [0.3, 0.4) is 0 Å². The number of rotatable bonds is 3. The normalized spacial score (nSPS) is 21.1. The Morgan fingerprint density at radius 1 is 1.28 bits per heavy atom. The lowest BCUT2D eigenvalue weighted by atomic mass is 10.2. The number of benzene rings is 1. The Hall–Kier alpha value is -1.44. The first kappa shape index (κ1) is 13.0. The van der Waals surface area contributed by atoms with E-state index in [9.17, 15) is 18.3 Å². The summed E-state index contributed by atoms with van der Waals surface area (Å²) >= 11 is 0. The zero-order chi connectivity index (χ0) is 13.3. The minimum atomic E-state index is -3.63. The first-order valence-electron chi connectivity index (χ1n) is 5.43. The standard InChI is InChI=1S/C11H13NO5S/c13-9-5-6-12(7-9)18(16,17)10-3-1-8(2-4-10)11(14)15/h1-4,9,13H,5-7H2,(H,14,15). The van der Waals surface area contributed by atoms with E-state index in [0.717, 1.165) is 0 Å². The van der Waals surface area contributed by atoms with Gasteiger partial charge < -0.3 is 10.2 Å². The number of hydrogen-bond acceptors (Lipinski definition) is 4. The van der Waals surface area contributed by atoms with E-state index < -0.39 is 22.1 Å². The Bertz CT molecular complexity index is 551. The van der Waals surface area contributed by atoms with E-state index in [1.807, 2.05) is 0 Å². The van der Waals surface area contributed by atoms with Crippen LogP contribution in [0, 0.1) is 0 Å². The van der Waals surface area contributed by atoms with Crippen LogP contribution in [-0.4, -0.2) is 48.1 Å². The second kappa shape index (κ2) is 4.68. The Kier molecular flexibility index (Phi) is 3.38. The summed E-state index contributed by atoms with van der Waals surface area (Å²) in [6.45, 7) is 0.368. The average molecular weight is 271 g/mol. The number of carboxylic acids is 1. The first-order chi connectivity index (χ1) is 8.41. The number of sulfonamides is 1. The Balaban J connectivity index is 2.27. The summed E-state index contributed by atoms with van der Waals surface area (Å²) < 4.78 is 25.5. The zero-order valence-electron chi connectivity index (χ0n) is 9.48. The summed E-state index contributed by atoms with van der Waals surface area (Å²) in [6, 6.07) is 5.04. The third-order valence-corrected chi connectivity index (χ3v) is 4.74. The molecule has 1 aliphatic rings. The van der Waals surface area contributed by atoms with Crippen molar-refractivity contribution in [3.05, 3.63) is 29.8 Å². The van der Waals surface area contributed by atoms with Crippen LogP contribution < -0.4 is 0 Å². The lowest BCUT2D eigenvalue weighted by Crippen LogP contribution is -2.29. The lowest BCUT2D eigenvalue weighted by Gasteiger charge is -2.15. The largest absolute Gasteiger partial charge is 0.478 e. The fraction of sp³-hybridized carbons (Fsp3) is 0.364. The van der Waals surface area contributed by atoms with Crippen molar-refractivity contribution in [2.24, 2.45) is 0 Å². The Labute approximate surface area is 105 Å². The third-order valence-electron chi connectivity index (χ3n) is 2.87. The zero-order valence-corrected chi connectivity index (χ0v) is 10.3. The van der Waals surface area contributed by atoms with Gasteiger partial charge in [0, 0.05) is 13.1 Å². The van der Waals surface area contributed by atoms with Gasteiger partial charge in [-0.3, -0.25) is 0 Å². The molecule has 1 saturated heterocycles. The number of hydrogen-bond donors (Lipinski definition) is 2. The maximum Gasteiger partial charge on any atom is 0.335 e. The summed E-state index contributed by atoms with van der Waals surface area (Å²) in [4.78, 5) is 10.7. The van der Waals surface area contributed by atoms with Gasteiger partial charge in [0.2, 0.25) is 10.0 Å². The Morgan fingerprint density at radius 2 is 1.89 bits per heavy atom. The van der Waals surface area contributed by atoms with E-state index in [0.29, 0.717) is 6.42 Å². The van der Waals surface area contributed by atoms with Gasteiger partial charge in [-0.1, -0.05) is 0 Å². The van der Waals surface area contributed by atoms with Gasteiger partial charge >= 0.3 is 5.97 Å². The molecule has 1 atom stereocenters. The predicted octanol–water partition coefficient (Wildman–Crippen LogP) is 0.140. The van der Waals surface area contributed by atoms with Crippen molar-refractivity contribution in [3.8, 4) is 0 Å². The van der Waals surface area contributed by atoms with Crippen LogP contribution >= 0.6 is 0 Å². The van der Waals surface area contributed by atoms with Gasteiger partial charge in [-0.05, 0) is 30.7 Å². The minimum absolute atomic E-state index is 0.0374. The highest BCUT2D eigenvalue weighted by Crippen LogP contribution is 2.21. The number of nitrogens with zero attached hydrogens (tertiary/aromatic N) is 1. The lowest BCUT2D eigenvalue weighted by molar-refractivity contribution is 0.0696. The van der Waals surface area contributed by atoms with Crippen LogP contribution in [-0.2, 0) is 10.0 Å². The van der Waals surface area contributed by atoms with Gasteiger partial charge in [0.1, 0.15) is 0 Å². The van der Waals surface area contributed by atoms with Gasteiger partial charge in [0.05, 0.1) is 16.6 Å². The van der Waals surface area contributed by atoms with Crippen molar-refractivity contribution >= 4 is 16.0 Å². The van der Waals surface area contributed by atoms with Gasteiger partial charge in [-0.15, -0.1) is 0 Å². The summed E-state index contributed by atoms with van der Waals surface area (Å²) in [7, 11) is -3.63. The summed E-state index contributed by atoms with van der Waals surface area (Å²) in [5.74, 6) is -1.10. The van der Waals surface area contributed by atoms with Crippen LogP contribution in [0.1, 0.15) is 16.8 Å². The van der Waals surface area contributed by atoms with Crippen LogP contribution in [0.4, 0.5) is 0 Å². The van der Waals surface area contributed by atoms with E-state index in [4.69, 9.17) is 5.11 Å². The highest BCUT2D eigenvalue weighted by Gasteiger charge is 2.31. The highest BCUT2D eigenvalue weighted by atomic mass is 32.2. The first-order valence-corrected chi connectivity index (χ1v) is 6.87. The van der Waals surface area contributed by atoms with Crippen molar-refractivity contribution in [1.29, 1.82) is 0 Å². The summed E-state index contributed by atoms with van der Waals surface area (Å²) in [6.07, 6.45) is -0.204. The molecule has 0 aliphatic carbocycles. The van der Waals surface area contributed by atoms with E-state index in [-0.39, 0.29) is 23.5 Å². The molecule has 0 spiro atoms. The topological polar surface area (TPSA) is 94.9 Å². The molecule has 1 aromatic rings. The molecular formula is C11H13NO5S. The number of β-amino-alcohol motifs (C(OH)–C–C–N with tert-alkyl or cyclic N) is 1.